The number of hydrogen-bond acceptors (Lipinski definition) is 4. The molecule has 2 aliphatic heterocycles. The maximum Gasteiger partial charge on any atom is 0.146 e. The molecule has 0 saturated carbocycles. The number of Topliss-reactive ketones (excluding diaryl/α,β-unsaturated/α-hetero) is 1. The molecular formula is C16H19ClO3S. The van der Waals surface area contributed by atoms with Crippen molar-refractivity contribution >= 4 is 29.1 Å². The molecule has 21 heavy (non-hydrogen) atoms. The van der Waals surface area contributed by atoms with Crippen LogP contribution in [0.4, 0.5) is 0 Å². The standard InChI is InChI=1S/C16H19ClO3S/c17-13-3-1-2-4-15(13)21-10-14(18)12-5-7-20-16(9-12)6-8-19-11-16/h1-4,12H,5-11H2. The van der Waals surface area contributed by atoms with E-state index in [1.54, 1.807) is 0 Å². The van der Waals surface area contributed by atoms with Crippen LogP contribution in [0.5, 0.6) is 0 Å². The van der Waals surface area contributed by atoms with Gasteiger partial charge in [-0.15, -0.1) is 11.8 Å². The van der Waals surface area contributed by atoms with Gasteiger partial charge in [-0.05, 0) is 25.0 Å². The van der Waals surface area contributed by atoms with Crippen molar-refractivity contribution in [3.8, 4) is 0 Å². The number of rotatable bonds is 4. The molecule has 3 nitrogen and oxygen atoms in total. The third kappa shape index (κ3) is 3.62. The highest BCUT2D eigenvalue weighted by atomic mass is 35.5. The van der Waals surface area contributed by atoms with Gasteiger partial charge in [0.1, 0.15) is 5.78 Å². The first-order chi connectivity index (χ1) is 10.2. The summed E-state index contributed by atoms with van der Waals surface area (Å²) in [4.78, 5) is 13.4. The number of carbonyl (C=O) groups excluding carboxylic acids is 1. The largest absolute Gasteiger partial charge is 0.378 e. The molecule has 3 rings (SSSR count). The average Bonchev–Trinajstić information content (AvgIpc) is 2.94. The Morgan fingerprint density at radius 2 is 2.24 bits per heavy atom. The fourth-order valence-electron chi connectivity index (χ4n) is 2.99. The number of hydrogen-bond donors (Lipinski definition) is 0. The van der Waals surface area contributed by atoms with Crippen LogP contribution >= 0.6 is 23.4 Å². The smallest absolute Gasteiger partial charge is 0.146 e. The van der Waals surface area contributed by atoms with Crippen molar-refractivity contribution in [1.29, 1.82) is 0 Å². The van der Waals surface area contributed by atoms with Crippen LogP contribution < -0.4 is 0 Å². The number of ether oxygens (including phenoxy) is 2. The van der Waals surface area contributed by atoms with E-state index in [1.165, 1.54) is 11.8 Å². The fraction of sp³-hybridized carbons (Fsp3) is 0.562. The SMILES string of the molecule is O=C(CSc1ccccc1Cl)C1CCOC2(CCOC2)C1. The van der Waals surface area contributed by atoms with E-state index in [4.69, 9.17) is 21.1 Å². The molecule has 2 unspecified atom stereocenters. The minimum absolute atomic E-state index is 0.0930. The highest BCUT2D eigenvalue weighted by molar-refractivity contribution is 8.00. The number of ketones is 1. The molecule has 0 radical (unpaired) electrons. The quantitative estimate of drug-likeness (QED) is 0.792. The van der Waals surface area contributed by atoms with Crippen LogP contribution in [-0.2, 0) is 14.3 Å². The summed E-state index contributed by atoms with van der Waals surface area (Å²) in [5, 5.41) is 0.711. The molecule has 5 heteroatoms. The zero-order valence-corrected chi connectivity index (χ0v) is 13.4. The number of carbonyl (C=O) groups is 1. The second kappa shape index (κ2) is 6.69. The summed E-state index contributed by atoms with van der Waals surface area (Å²) in [6, 6.07) is 7.65. The summed E-state index contributed by atoms with van der Waals surface area (Å²) >= 11 is 7.65. The maximum atomic E-state index is 12.5. The van der Waals surface area contributed by atoms with Crippen molar-refractivity contribution in [2.24, 2.45) is 5.92 Å². The highest BCUT2D eigenvalue weighted by Crippen LogP contribution is 2.37. The molecule has 2 atom stereocenters. The fourth-order valence-corrected chi connectivity index (χ4v) is 4.21. The molecule has 0 aliphatic carbocycles. The van der Waals surface area contributed by atoms with Crippen molar-refractivity contribution in [2.45, 2.75) is 29.8 Å². The summed E-state index contributed by atoms with van der Waals surface area (Å²) in [5.41, 5.74) is -0.201. The normalized spacial score (nSPS) is 28.9. The molecule has 0 amide bonds. The Balaban J connectivity index is 1.57. The van der Waals surface area contributed by atoms with Crippen LogP contribution in [0.3, 0.4) is 0 Å². The molecule has 0 bridgehead atoms. The van der Waals surface area contributed by atoms with Crippen LogP contribution in [0.25, 0.3) is 0 Å². The van der Waals surface area contributed by atoms with Gasteiger partial charge in [0, 0.05) is 30.4 Å². The predicted molar refractivity (Wildman–Crippen MR) is 84.0 cm³/mol. The zero-order valence-electron chi connectivity index (χ0n) is 11.8. The van der Waals surface area contributed by atoms with Crippen molar-refractivity contribution in [3.63, 3.8) is 0 Å². The molecule has 0 aromatic heterocycles. The third-order valence-electron chi connectivity index (χ3n) is 4.22. The first-order valence-electron chi connectivity index (χ1n) is 7.30. The number of halogens is 1. The van der Waals surface area contributed by atoms with Gasteiger partial charge in [0.2, 0.25) is 0 Å². The second-order valence-electron chi connectivity index (χ2n) is 5.71. The van der Waals surface area contributed by atoms with Crippen LogP contribution in [0.15, 0.2) is 29.2 Å². The molecule has 0 N–H and O–H groups in total. The lowest BCUT2D eigenvalue weighted by Gasteiger charge is -2.36. The topological polar surface area (TPSA) is 35.5 Å². The van der Waals surface area contributed by atoms with E-state index >= 15 is 0 Å². The van der Waals surface area contributed by atoms with Crippen molar-refractivity contribution in [2.75, 3.05) is 25.6 Å². The molecule has 1 aromatic carbocycles. The Labute approximate surface area is 134 Å². The average molecular weight is 327 g/mol. The zero-order chi connectivity index (χ0) is 14.7. The Hall–Kier alpha value is -0.550. The lowest BCUT2D eigenvalue weighted by molar-refractivity contribution is -0.134. The van der Waals surface area contributed by atoms with Gasteiger partial charge in [0.05, 0.1) is 23.0 Å². The van der Waals surface area contributed by atoms with E-state index in [0.717, 1.165) is 30.8 Å². The van der Waals surface area contributed by atoms with E-state index in [2.05, 4.69) is 0 Å². The second-order valence-corrected chi connectivity index (χ2v) is 7.13. The van der Waals surface area contributed by atoms with E-state index in [0.29, 0.717) is 29.8 Å². The highest BCUT2D eigenvalue weighted by Gasteiger charge is 2.42. The van der Waals surface area contributed by atoms with Gasteiger partial charge < -0.3 is 9.47 Å². The molecule has 2 saturated heterocycles. The Kier molecular flexibility index (Phi) is 4.89. The molecule has 114 valence electrons. The molecule has 1 aromatic rings. The van der Waals surface area contributed by atoms with Gasteiger partial charge in [-0.1, -0.05) is 23.7 Å². The monoisotopic (exact) mass is 326 g/mol. The van der Waals surface area contributed by atoms with E-state index in [1.807, 2.05) is 24.3 Å². The minimum Gasteiger partial charge on any atom is -0.378 e. The van der Waals surface area contributed by atoms with Gasteiger partial charge in [-0.25, -0.2) is 0 Å². The third-order valence-corrected chi connectivity index (χ3v) is 5.76. The number of benzene rings is 1. The Morgan fingerprint density at radius 3 is 3.00 bits per heavy atom. The predicted octanol–water partition coefficient (Wildman–Crippen LogP) is 3.59. The first kappa shape index (κ1) is 15.3. The Morgan fingerprint density at radius 1 is 1.38 bits per heavy atom. The van der Waals surface area contributed by atoms with Crippen LogP contribution in [0, 0.1) is 5.92 Å². The van der Waals surface area contributed by atoms with Crippen LogP contribution in [0.1, 0.15) is 19.3 Å². The van der Waals surface area contributed by atoms with E-state index in [9.17, 15) is 4.79 Å². The minimum atomic E-state index is -0.201. The molecule has 1 spiro atoms. The van der Waals surface area contributed by atoms with Crippen molar-refractivity contribution < 1.29 is 14.3 Å². The van der Waals surface area contributed by atoms with E-state index < -0.39 is 0 Å². The molecule has 2 heterocycles. The van der Waals surface area contributed by atoms with Crippen molar-refractivity contribution in [3.05, 3.63) is 29.3 Å². The van der Waals surface area contributed by atoms with E-state index in [-0.39, 0.29) is 11.5 Å². The summed E-state index contributed by atoms with van der Waals surface area (Å²) in [6.45, 7) is 2.04. The molecular weight excluding hydrogens is 308 g/mol. The summed E-state index contributed by atoms with van der Waals surface area (Å²) in [7, 11) is 0. The first-order valence-corrected chi connectivity index (χ1v) is 8.67. The maximum absolute atomic E-state index is 12.5. The molecule has 2 aliphatic rings. The summed E-state index contributed by atoms with van der Waals surface area (Å²) < 4.78 is 11.3. The lowest BCUT2D eigenvalue weighted by atomic mass is 9.83. The number of thioether (sulfide) groups is 1. The summed E-state index contributed by atoms with van der Waals surface area (Å²) in [6.07, 6.45) is 2.53. The van der Waals surface area contributed by atoms with Crippen LogP contribution in [-0.4, -0.2) is 37.0 Å². The van der Waals surface area contributed by atoms with Gasteiger partial charge >= 0.3 is 0 Å². The van der Waals surface area contributed by atoms with Crippen LogP contribution in [0.2, 0.25) is 5.02 Å². The van der Waals surface area contributed by atoms with Crippen molar-refractivity contribution in [1.82, 2.24) is 0 Å². The van der Waals surface area contributed by atoms with Gasteiger partial charge in [-0.2, -0.15) is 0 Å². The summed E-state index contributed by atoms with van der Waals surface area (Å²) in [5.74, 6) is 0.871. The molecule has 2 fully saturated rings. The Bertz CT molecular complexity index is 514. The van der Waals surface area contributed by atoms with Gasteiger partial charge in [0.15, 0.2) is 0 Å². The van der Waals surface area contributed by atoms with Gasteiger partial charge in [0.25, 0.3) is 0 Å². The lowest BCUT2D eigenvalue weighted by Crippen LogP contribution is -2.42. The van der Waals surface area contributed by atoms with Gasteiger partial charge in [-0.3, -0.25) is 4.79 Å².